The summed E-state index contributed by atoms with van der Waals surface area (Å²) in [4.78, 5) is 42.0. The molecule has 2 atom stereocenters. The molecule has 2 unspecified atom stereocenters. The molecule has 2 fully saturated rings. The highest BCUT2D eigenvalue weighted by Gasteiger charge is 2.42. The molecule has 2 aliphatic rings. The molecule has 1 aromatic carbocycles. The summed E-state index contributed by atoms with van der Waals surface area (Å²) in [5.41, 5.74) is 6.17. The third-order valence-corrected chi connectivity index (χ3v) is 5.49. The number of nitrogens with zero attached hydrogens (tertiary/aromatic N) is 5. The lowest BCUT2D eigenvalue weighted by Gasteiger charge is -2.42. The van der Waals surface area contributed by atoms with Gasteiger partial charge >= 0.3 is 0 Å². The largest absolute Gasteiger partial charge is 0.398 e. The number of aromatic nitrogens is 3. The number of rotatable bonds is 2. The van der Waals surface area contributed by atoms with E-state index in [-0.39, 0.29) is 30.3 Å². The fourth-order valence-electron chi connectivity index (χ4n) is 4.04. The van der Waals surface area contributed by atoms with Gasteiger partial charge in [-0.1, -0.05) is 11.3 Å². The smallest absolute Gasteiger partial charge is 0.280 e. The highest BCUT2D eigenvalue weighted by Crippen LogP contribution is 2.28. The zero-order valence-corrected chi connectivity index (χ0v) is 15.2. The van der Waals surface area contributed by atoms with E-state index in [0.717, 1.165) is 30.5 Å². The summed E-state index contributed by atoms with van der Waals surface area (Å²) in [5, 5.41) is 8.27. The van der Waals surface area contributed by atoms with Crippen LogP contribution in [0.25, 0.3) is 10.9 Å². The Bertz CT molecular complexity index is 971. The van der Waals surface area contributed by atoms with Crippen LogP contribution in [-0.2, 0) is 9.59 Å². The molecular formula is C18H22N6O3. The van der Waals surface area contributed by atoms with Gasteiger partial charge in [-0.2, -0.15) is 4.68 Å². The molecule has 0 radical (unpaired) electrons. The monoisotopic (exact) mass is 370 g/mol. The average molecular weight is 370 g/mol. The number of fused-ring (bicyclic) bond motifs is 1. The van der Waals surface area contributed by atoms with Gasteiger partial charge in [0.05, 0.1) is 11.6 Å². The molecule has 142 valence electrons. The standard InChI is InChI=1S/C18H22N6O3/c1-22-10-3-2-7-14(22)23-15(25)9-8-13(17(23)26)24-18(27)16-11(19)5-4-6-12(16)20-21-24/h4-6,13-14H,2-3,7-10,19H2,1H3. The molecule has 3 heterocycles. The SMILES string of the molecule is CN1CCCCC1N1C(=O)CCC(n2nnc3cccc(N)c3c2=O)C1=O. The molecule has 0 spiro atoms. The van der Waals surface area contributed by atoms with Crippen molar-refractivity contribution in [1.82, 2.24) is 24.8 Å². The number of likely N-dealkylation sites (tertiary alicyclic amines) is 2. The number of piperidine rings is 2. The van der Waals surface area contributed by atoms with E-state index in [4.69, 9.17) is 5.73 Å². The number of nitrogen functional groups attached to an aromatic ring is 1. The van der Waals surface area contributed by atoms with Gasteiger partial charge < -0.3 is 5.73 Å². The molecule has 0 bridgehead atoms. The molecule has 1 aromatic heterocycles. The molecule has 9 heteroatoms. The second kappa shape index (κ2) is 6.73. The minimum atomic E-state index is -0.845. The van der Waals surface area contributed by atoms with Gasteiger partial charge in [0.15, 0.2) is 0 Å². The lowest BCUT2D eigenvalue weighted by atomic mass is 10.00. The van der Waals surface area contributed by atoms with Crippen molar-refractivity contribution in [2.24, 2.45) is 0 Å². The van der Waals surface area contributed by atoms with Crippen LogP contribution in [0.2, 0.25) is 0 Å². The summed E-state index contributed by atoms with van der Waals surface area (Å²) < 4.78 is 1.09. The number of carbonyl (C=O) groups excluding carboxylic acids is 2. The van der Waals surface area contributed by atoms with Crippen LogP contribution in [-0.4, -0.2) is 56.4 Å². The summed E-state index contributed by atoms with van der Waals surface area (Å²) in [7, 11) is 1.91. The Labute approximate surface area is 155 Å². The number of imide groups is 1. The van der Waals surface area contributed by atoms with E-state index in [1.807, 2.05) is 11.9 Å². The van der Waals surface area contributed by atoms with E-state index in [0.29, 0.717) is 11.2 Å². The Kier molecular flexibility index (Phi) is 4.39. The first-order valence-corrected chi connectivity index (χ1v) is 9.19. The van der Waals surface area contributed by atoms with Gasteiger partial charge in [-0.15, -0.1) is 5.10 Å². The molecule has 2 amide bonds. The Balaban J connectivity index is 1.74. The summed E-state index contributed by atoms with van der Waals surface area (Å²) in [6, 6.07) is 4.12. The van der Waals surface area contributed by atoms with Crippen LogP contribution in [0, 0.1) is 0 Å². The summed E-state index contributed by atoms with van der Waals surface area (Å²) >= 11 is 0. The number of amides is 2. The average Bonchev–Trinajstić information content (AvgIpc) is 2.64. The molecule has 2 N–H and O–H groups in total. The second-order valence-electron chi connectivity index (χ2n) is 7.19. The highest BCUT2D eigenvalue weighted by atomic mass is 16.2. The maximum Gasteiger partial charge on any atom is 0.280 e. The summed E-state index contributed by atoms with van der Waals surface area (Å²) in [6.07, 6.45) is 2.90. The minimum Gasteiger partial charge on any atom is -0.398 e. The third-order valence-electron chi connectivity index (χ3n) is 5.49. The minimum absolute atomic E-state index is 0.192. The maximum atomic E-state index is 13.2. The first-order valence-electron chi connectivity index (χ1n) is 9.19. The van der Waals surface area contributed by atoms with Gasteiger partial charge in [-0.3, -0.25) is 24.2 Å². The quantitative estimate of drug-likeness (QED) is 0.605. The van der Waals surface area contributed by atoms with Crippen LogP contribution >= 0.6 is 0 Å². The van der Waals surface area contributed by atoms with Gasteiger partial charge in [0.25, 0.3) is 11.5 Å². The molecular weight excluding hydrogens is 348 g/mol. The van der Waals surface area contributed by atoms with Gasteiger partial charge in [-0.05, 0) is 51.4 Å². The van der Waals surface area contributed by atoms with E-state index in [2.05, 4.69) is 10.3 Å². The van der Waals surface area contributed by atoms with E-state index in [9.17, 15) is 14.4 Å². The first-order chi connectivity index (χ1) is 13.0. The summed E-state index contributed by atoms with van der Waals surface area (Å²) in [5.74, 6) is -0.591. The van der Waals surface area contributed by atoms with Crippen molar-refractivity contribution >= 4 is 28.4 Å². The van der Waals surface area contributed by atoms with Crippen molar-refractivity contribution in [3.8, 4) is 0 Å². The number of hydrogen-bond donors (Lipinski definition) is 1. The molecule has 2 saturated heterocycles. The molecule has 9 nitrogen and oxygen atoms in total. The van der Waals surface area contributed by atoms with Crippen LogP contribution in [0.3, 0.4) is 0 Å². The van der Waals surface area contributed by atoms with Crippen LogP contribution in [0.4, 0.5) is 5.69 Å². The predicted molar refractivity (Wildman–Crippen MR) is 98.6 cm³/mol. The fourth-order valence-corrected chi connectivity index (χ4v) is 4.04. The number of hydrogen-bond acceptors (Lipinski definition) is 7. The Morgan fingerprint density at radius 3 is 2.74 bits per heavy atom. The van der Waals surface area contributed by atoms with Crippen LogP contribution in [0.15, 0.2) is 23.0 Å². The molecule has 27 heavy (non-hydrogen) atoms. The second-order valence-corrected chi connectivity index (χ2v) is 7.19. The van der Waals surface area contributed by atoms with Crippen molar-refractivity contribution in [2.75, 3.05) is 19.3 Å². The van der Waals surface area contributed by atoms with Crippen LogP contribution in [0.1, 0.15) is 38.1 Å². The highest BCUT2D eigenvalue weighted by molar-refractivity contribution is 6.00. The normalized spacial score (nSPS) is 24.6. The van der Waals surface area contributed by atoms with Gasteiger partial charge in [0, 0.05) is 12.1 Å². The van der Waals surface area contributed by atoms with Crippen LogP contribution < -0.4 is 11.3 Å². The summed E-state index contributed by atoms with van der Waals surface area (Å²) in [6.45, 7) is 0.832. The molecule has 2 aliphatic heterocycles. The number of benzene rings is 1. The molecule has 0 aliphatic carbocycles. The lowest BCUT2D eigenvalue weighted by Crippen LogP contribution is -2.58. The third kappa shape index (κ3) is 2.87. The zero-order valence-electron chi connectivity index (χ0n) is 15.2. The van der Waals surface area contributed by atoms with Crippen molar-refractivity contribution in [3.63, 3.8) is 0 Å². The fraction of sp³-hybridized carbons (Fsp3) is 0.500. The lowest BCUT2D eigenvalue weighted by molar-refractivity contribution is -0.160. The van der Waals surface area contributed by atoms with Crippen molar-refractivity contribution in [1.29, 1.82) is 0 Å². The molecule has 2 aromatic rings. The number of carbonyl (C=O) groups is 2. The Morgan fingerprint density at radius 1 is 1.15 bits per heavy atom. The van der Waals surface area contributed by atoms with Crippen LogP contribution in [0.5, 0.6) is 0 Å². The van der Waals surface area contributed by atoms with Gasteiger partial charge in [0.1, 0.15) is 11.6 Å². The van der Waals surface area contributed by atoms with E-state index >= 15 is 0 Å². The van der Waals surface area contributed by atoms with Gasteiger partial charge in [-0.25, -0.2) is 0 Å². The first kappa shape index (κ1) is 17.6. The van der Waals surface area contributed by atoms with Crippen molar-refractivity contribution in [3.05, 3.63) is 28.6 Å². The maximum absolute atomic E-state index is 13.2. The van der Waals surface area contributed by atoms with E-state index in [1.54, 1.807) is 18.2 Å². The number of nitrogens with two attached hydrogens (primary N) is 1. The molecule has 4 rings (SSSR count). The van der Waals surface area contributed by atoms with Gasteiger partial charge in [0.2, 0.25) is 5.91 Å². The Morgan fingerprint density at radius 2 is 1.96 bits per heavy atom. The Hall–Kier alpha value is -2.81. The van der Waals surface area contributed by atoms with Crippen molar-refractivity contribution < 1.29 is 9.59 Å². The predicted octanol–water partition coefficient (Wildman–Crippen LogP) is 0.506. The zero-order chi connectivity index (χ0) is 19.1. The van der Waals surface area contributed by atoms with E-state index in [1.165, 1.54) is 4.90 Å². The van der Waals surface area contributed by atoms with E-state index < -0.39 is 17.5 Å². The van der Waals surface area contributed by atoms with Crippen molar-refractivity contribution in [2.45, 2.75) is 44.3 Å². The molecule has 0 saturated carbocycles. The topological polar surface area (TPSA) is 114 Å². The number of anilines is 1.